The highest BCUT2D eigenvalue weighted by molar-refractivity contribution is 5.97. The van der Waals surface area contributed by atoms with E-state index < -0.39 is 5.63 Å². The molecule has 0 bridgehead atoms. The normalized spacial score (nSPS) is 16.5. The van der Waals surface area contributed by atoms with Gasteiger partial charge in [-0.1, -0.05) is 32.1 Å². The van der Waals surface area contributed by atoms with E-state index in [0.717, 1.165) is 6.42 Å². The van der Waals surface area contributed by atoms with E-state index in [4.69, 9.17) is 4.42 Å². The van der Waals surface area contributed by atoms with Gasteiger partial charge in [0.15, 0.2) is 5.78 Å². The molecule has 0 radical (unpaired) electrons. The van der Waals surface area contributed by atoms with E-state index in [9.17, 15) is 14.7 Å². The molecule has 0 spiro atoms. The van der Waals surface area contributed by atoms with E-state index in [1.165, 1.54) is 38.2 Å². The van der Waals surface area contributed by atoms with E-state index in [1.54, 1.807) is 6.92 Å². The Kier molecular flexibility index (Phi) is 4.40. The van der Waals surface area contributed by atoms with Gasteiger partial charge in [-0.15, -0.1) is 0 Å². The van der Waals surface area contributed by atoms with E-state index in [-0.39, 0.29) is 17.1 Å². The first-order valence-corrected chi connectivity index (χ1v) is 6.95. The molecule has 2 rings (SSSR count). The molecule has 1 aliphatic carbocycles. The predicted molar refractivity (Wildman–Crippen MR) is 71.5 cm³/mol. The minimum Gasteiger partial charge on any atom is -0.507 e. The number of rotatable bonds is 4. The Morgan fingerprint density at radius 3 is 2.68 bits per heavy atom. The standard InChI is InChI=1S/C15H20O4/c1-10-9-13(17)14(15(18)19-10)12(16)8-7-11-5-3-2-4-6-11/h9,11,17H,2-8H2,1H3. The number of carbonyl (C=O) groups is 1. The molecule has 1 aromatic rings. The highest BCUT2D eigenvalue weighted by Gasteiger charge is 2.20. The molecular formula is C15H20O4. The van der Waals surface area contributed by atoms with Crippen LogP contribution in [0.25, 0.3) is 0 Å². The van der Waals surface area contributed by atoms with Crippen molar-refractivity contribution in [3.63, 3.8) is 0 Å². The summed E-state index contributed by atoms with van der Waals surface area (Å²) in [6, 6.07) is 1.31. The van der Waals surface area contributed by atoms with Crippen molar-refractivity contribution < 1.29 is 14.3 Å². The van der Waals surface area contributed by atoms with Crippen LogP contribution in [0.3, 0.4) is 0 Å². The number of hydrogen-bond donors (Lipinski definition) is 1. The molecule has 104 valence electrons. The lowest BCUT2D eigenvalue weighted by Gasteiger charge is -2.20. The van der Waals surface area contributed by atoms with Crippen LogP contribution in [-0.2, 0) is 0 Å². The van der Waals surface area contributed by atoms with Crippen LogP contribution in [0.4, 0.5) is 0 Å². The Morgan fingerprint density at radius 2 is 2.05 bits per heavy atom. The van der Waals surface area contributed by atoms with Crippen molar-refractivity contribution in [1.82, 2.24) is 0 Å². The Bertz CT molecular complexity index is 509. The molecule has 0 unspecified atom stereocenters. The van der Waals surface area contributed by atoms with E-state index in [1.807, 2.05) is 0 Å². The first kappa shape index (κ1) is 13.8. The van der Waals surface area contributed by atoms with Crippen LogP contribution in [0.1, 0.15) is 61.1 Å². The van der Waals surface area contributed by atoms with Crippen molar-refractivity contribution in [2.24, 2.45) is 5.92 Å². The van der Waals surface area contributed by atoms with Gasteiger partial charge in [-0.25, -0.2) is 4.79 Å². The van der Waals surface area contributed by atoms with Gasteiger partial charge in [0.1, 0.15) is 17.1 Å². The lowest BCUT2D eigenvalue weighted by atomic mass is 9.85. The fourth-order valence-electron chi connectivity index (χ4n) is 2.79. The largest absolute Gasteiger partial charge is 0.507 e. The van der Waals surface area contributed by atoms with Crippen molar-refractivity contribution in [2.75, 3.05) is 0 Å². The number of aromatic hydroxyl groups is 1. The van der Waals surface area contributed by atoms with Gasteiger partial charge in [0.05, 0.1) is 0 Å². The summed E-state index contributed by atoms with van der Waals surface area (Å²) in [7, 11) is 0. The second kappa shape index (κ2) is 6.04. The highest BCUT2D eigenvalue weighted by atomic mass is 16.4. The summed E-state index contributed by atoms with van der Waals surface area (Å²) in [4.78, 5) is 23.6. The van der Waals surface area contributed by atoms with Crippen LogP contribution in [0.5, 0.6) is 5.75 Å². The summed E-state index contributed by atoms with van der Waals surface area (Å²) in [5, 5.41) is 9.70. The zero-order valence-corrected chi connectivity index (χ0v) is 11.3. The fraction of sp³-hybridized carbons (Fsp3) is 0.600. The van der Waals surface area contributed by atoms with Crippen LogP contribution in [0.2, 0.25) is 0 Å². The monoisotopic (exact) mass is 264 g/mol. The van der Waals surface area contributed by atoms with Crippen LogP contribution in [0, 0.1) is 12.8 Å². The van der Waals surface area contributed by atoms with E-state index in [0.29, 0.717) is 18.1 Å². The van der Waals surface area contributed by atoms with Crippen molar-refractivity contribution in [3.05, 3.63) is 27.8 Å². The summed E-state index contributed by atoms with van der Waals surface area (Å²) in [5.74, 6) is 0.322. The first-order chi connectivity index (χ1) is 9.08. The Hall–Kier alpha value is -1.58. The lowest BCUT2D eigenvalue weighted by molar-refractivity contribution is 0.0963. The third-order valence-electron chi connectivity index (χ3n) is 3.84. The zero-order valence-electron chi connectivity index (χ0n) is 11.3. The molecule has 1 heterocycles. The number of aryl methyl sites for hydroxylation is 1. The van der Waals surface area contributed by atoms with Gasteiger partial charge in [0.2, 0.25) is 0 Å². The van der Waals surface area contributed by atoms with Crippen LogP contribution < -0.4 is 5.63 Å². The summed E-state index contributed by atoms with van der Waals surface area (Å²) in [6.45, 7) is 1.57. The van der Waals surface area contributed by atoms with Gasteiger partial charge < -0.3 is 9.52 Å². The Balaban J connectivity index is 2.02. The van der Waals surface area contributed by atoms with E-state index >= 15 is 0 Å². The molecule has 1 aromatic heterocycles. The molecule has 4 heteroatoms. The summed E-state index contributed by atoms with van der Waals surface area (Å²) >= 11 is 0. The molecule has 0 atom stereocenters. The maximum Gasteiger partial charge on any atom is 0.350 e. The highest BCUT2D eigenvalue weighted by Crippen LogP contribution is 2.28. The van der Waals surface area contributed by atoms with Gasteiger partial charge in [-0.2, -0.15) is 0 Å². The average Bonchev–Trinajstić information content (AvgIpc) is 2.36. The molecule has 1 aliphatic rings. The fourth-order valence-corrected chi connectivity index (χ4v) is 2.79. The average molecular weight is 264 g/mol. The number of hydrogen-bond acceptors (Lipinski definition) is 4. The molecule has 0 saturated heterocycles. The summed E-state index contributed by atoms with van der Waals surface area (Å²) in [5.41, 5.74) is -0.924. The lowest BCUT2D eigenvalue weighted by Crippen LogP contribution is -2.16. The van der Waals surface area contributed by atoms with Gasteiger partial charge >= 0.3 is 5.63 Å². The van der Waals surface area contributed by atoms with Crippen molar-refractivity contribution >= 4 is 5.78 Å². The van der Waals surface area contributed by atoms with Gasteiger partial charge in [0, 0.05) is 12.5 Å². The molecular weight excluding hydrogens is 244 g/mol. The smallest absolute Gasteiger partial charge is 0.350 e. The molecule has 1 N–H and O–H groups in total. The summed E-state index contributed by atoms with van der Waals surface area (Å²) in [6.07, 6.45) is 7.20. The minimum atomic E-state index is -0.730. The van der Waals surface area contributed by atoms with Crippen LogP contribution >= 0.6 is 0 Å². The molecule has 1 saturated carbocycles. The number of carbonyl (C=O) groups excluding carboxylic acids is 1. The minimum absolute atomic E-state index is 0.193. The third-order valence-corrected chi connectivity index (χ3v) is 3.84. The number of Topliss-reactive ketones (excluding diaryl/α,β-unsaturated/α-hetero) is 1. The molecule has 4 nitrogen and oxygen atoms in total. The van der Waals surface area contributed by atoms with Gasteiger partial charge in [-0.3, -0.25) is 4.79 Å². The maximum atomic E-state index is 12.0. The molecule has 0 aliphatic heterocycles. The van der Waals surface area contributed by atoms with Crippen molar-refractivity contribution in [1.29, 1.82) is 0 Å². The molecule has 0 aromatic carbocycles. The topological polar surface area (TPSA) is 67.5 Å². The molecule has 0 amide bonds. The van der Waals surface area contributed by atoms with Gasteiger partial charge in [-0.05, 0) is 19.3 Å². The Labute approximate surface area is 112 Å². The van der Waals surface area contributed by atoms with Crippen LogP contribution in [0.15, 0.2) is 15.3 Å². The zero-order chi connectivity index (χ0) is 13.8. The van der Waals surface area contributed by atoms with Crippen molar-refractivity contribution in [2.45, 2.75) is 51.9 Å². The van der Waals surface area contributed by atoms with Crippen LogP contribution in [-0.4, -0.2) is 10.9 Å². The maximum absolute atomic E-state index is 12.0. The first-order valence-electron chi connectivity index (χ1n) is 6.95. The third kappa shape index (κ3) is 3.46. The molecule has 1 fully saturated rings. The second-order valence-corrected chi connectivity index (χ2v) is 5.37. The van der Waals surface area contributed by atoms with E-state index in [2.05, 4.69) is 0 Å². The Morgan fingerprint density at radius 1 is 1.37 bits per heavy atom. The predicted octanol–water partition coefficient (Wildman–Crippen LogP) is 3.20. The summed E-state index contributed by atoms with van der Waals surface area (Å²) < 4.78 is 4.87. The van der Waals surface area contributed by atoms with Crippen molar-refractivity contribution in [3.8, 4) is 5.75 Å². The number of ketones is 1. The SMILES string of the molecule is Cc1cc(O)c(C(=O)CCC2CCCCC2)c(=O)o1. The van der Waals surface area contributed by atoms with Gasteiger partial charge in [0.25, 0.3) is 0 Å². The second-order valence-electron chi connectivity index (χ2n) is 5.37. The quantitative estimate of drug-likeness (QED) is 0.848. The molecule has 19 heavy (non-hydrogen) atoms.